The predicted octanol–water partition coefficient (Wildman–Crippen LogP) is -2.94. The first kappa shape index (κ1) is 14.4. The van der Waals surface area contributed by atoms with E-state index in [2.05, 4.69) is 15.3 Å². The maximum atomic E-state index is 12.0. The lowest BCUT2D eigenvalue weighted by Crippen LogP contribution is -2.39. The SMILES string of the molecule is Nc1ncnc(N)c1NC(=O)C1OC(CO)C(O)C1O. The number of anilines is 3. The number of nitrogen functional groups attached to an aromatic ring is 2. The van der Waals surface area contributed by atoms with E-state index in [0.717, 1.165) is 6.33 Å². The summed E-state index contributed by atoms with van der Waals surface area (Å²) in [5, 5.41) is 30.5. The van der Waals surface area contributed by atoms with Gasteiger partial charge < -0.3 is 36.8 Å². The summed E-state index contributed by atoms with van der Waals surface area (Å²) in [4.78, 5) is 19.3. The van der Waals surface area contributed by atoms with Crippen molar-refractivity contribution in [3.63, 3.8) is 0 Å². The Balaban J connectivity index is 2.13. The summed E-state index contributed by atoms with van der Waals surface area (Å²) in [6.07, 6.45) is -4.10. The minimum absolute atomic E-state index is 0.00441. The Labute approximate surface area is 113 Å². The number of aliphatic hydroxyl groups excluding tert-OH is 3. The average molecular weight is 285 g/mol. The van der Waals surface area contributed by atoms with Crippen molar-refractivity contribution in [2.75, 3.05) is 23.4 Å². The molecule has 0 bridgehead atoms. The third kappa shape index (κ3) is 2.49. The normalized spacial score (nSPS) is 29.4. The fourth-order valence-electron chi connectivity index (χ4n) is 1.85. The molecule has 0 spiro atoms. The van der Waals surface area contributed by atoms with Gasteiger partial charge in [-0.1, -0.05) is 0 Å². The van der Waals surface area contributed by atoms with Gasteiger partial charge in [-0.05, 0) is 0 Å². The number of ether oxygens (including phenoxy) is 1. The number of aromatic nitrogens is 2. The summed E-state index contributed by atoms with van der Waals surface area (Å²) in [6.45, 7) is -0.527. The number of rotatable bonds is 3. The van der Waals surface area contributed by atoms with Crippen LogP contribution in [0.4, 0.5) is 17.3 Å². The van der Waals surface area contributed by atoms with Crippen molar-refractivity contribution in [1.29, 1.82) is 0 Å². The Morgan fingerprint density at radius 1 is 1.30 bits per heavy atom. The van der Waals surface area contributed by atoms with Crippen molar-refractivity contribution >= 4 is 23.2 Å². The quantitative estimate of drug-likeness (QED) is 0.339. The number of carbonyl (C=O) groups is 1. The van der Waals surface area contributed by atoms with Crippen molar-refractivity contribution in [3.05, 3.63) is 6.33 Å². The second kappa shape index (κ2) is 5.54. The molecule has 8 N–H and O–H groups in total. The first-order valence-electron chi connectivity index (χ1n) is 5.75. The van der Waals surface area contributed by atoms with E-state index in [4.69, 9.17) is 21.3 Å². The molecule has 110 valence electrons. The number of carbonyl (C=O) groups excluding carboxylic acids is 1. The highest BCUT2D eigenvalue weighted by atomic mass is 16.6. The van der Waals surface area contributed by atoms with Gasteiger partial charge in [0.15, 0.2) is 17.7 Å². The van der Waals surface area contributed by atoms with Crippen LogP contribution in [-0.4, -0.2) is 62.2 Å². The highest BCUT2D eigenvalue weighted by Crippen LogP contribution is 2.25. The van der Waals surface area contributed by atoms with E-state index in [9.17, 15) is 15.0 Å². The molecule has 0 radical (unpaired) electrons. The van der Waals surface area contributed by atoms with Crippen LogP contribution in [0.1, 0.15) is 0 Å². The number of nitrogens with zero attached hydrogens (tertiary/aromatic N) is 2. The molecule has 1 aliphatic heterocycles. The summed E-state index contributed by atoms with van der Waals surface area (Å²) in [7, 11) is 0. The van der Waals surface area contributed by atoms with Crippen LogP contribution >= 0.6 is 0 Å². The van der Waals surface area contributed by atoms with Gasteiger partial charge in [0.05, 0.1) is 6.61 Å². The Bertz CT molecular complexity index is 493. The molecule has 0 aromatic carbocycles. The van der Waals surface area contributed by atoms with E-state index in [0.29, 0.717) is 0 Å². The van der Waals surface area contributed by atoms with Crippen LogP contribution in [-0.2, 0) is 9.53 Å². The Hall–Kier alpha value is -2.01. The lowest BCUT2D eigenvalue weighted by Gasteiger charge is -2.15. The van der Waals surface area contributed by atoms with Gasteiger partial charge in [-0.2, -0.15) is 0 Å². The largest absolute Gasteiger partial charge is 0.394 e. The molecule has 1 fully saturated rings. The van der Waals surface area contributed by atoms with Crippen molar-refractivity contribution in [3.8, 4) is 0 Å². The fraction of sp³-hybridized carbons (Fsp3) is 0.500. The number of amides is 1. The molecule has 10 heteroatoms. The molecular weight excluding hydrogens is 270 g/mol. The lowest BCUT2D eigenvalue weighted by molar-refractivity contribution is -0.130. The molecule has 10 nitrogen and oxygen atoms in total. The van der Waals surface area contributed by atoms with Gasteiger partial charge in [0.1, 0.15) is 30.3 Å². The Kier molecular flexibility index (Phi) is 3.99. The standard InChI is InChI=1S/C10H15N5O5/c11-8-4(9(12)14-2-13-8)15-10(19)7-6(18)5(17)3(1-16)20-7/h2-3,5-7,16-18H,1H2,(H,15,19)(H4,11,12,13,14). The number of hydrogen-bond acceptors (Lipinski definition) is 9. The molecule has 4 atom stereocenters. The van der Waals surface area contributed by atoms with E-state index in [-0.39, 0.29) is 17.3 Å². The zero-order valence-corrected chi connectivity index (χ0v) is 10.3. The maximum absolute atomic E-state index is 12.0. The average Bonchev–Trinajstić information content (AvgIpc) is 2.70. The third-order valence-electron chi connectivity index (χ3n) is 2.95. The highest BCUT2D eigenvalue weighted by molar-refractivity contribution is 5.99. The predicted molar refractivity (Wildman–Crippen MR) is 67.2 cm³/mol. The summed E-state index contributed by atoms with van der Waals surface area (Å²) in [5.74, 6) is -0.865. The van der Waals surface area contributed by atoms with Crippen LogP contribution in [0, 0.1) is 0 Å². The highest BCUT2D eigenvalue weighted by Gasteiger charge is 2.46. The summed E-state index contributed by atoms with van der Waals surface area (Å²) >= 11 is 0. The van der Waals surface area contributed by atoms with Crippen molar-refractivity contribution in [1.82, 2.24) is 9.97 Å². The number of hydrogen-bond donors (Lipinski definition) is 6. The van der Waals surface area contributed by atoms with Gasteiger partial charge in [0, 0.05) is 0 Å². The number of nitrogens with one attached hydrogen (secondary N) is 1. The van der Waals surface area contributed by atoms with E-state index >= 15 is 0 Å². The van der Waals surface area contributed by atoms with Gasteiger partial charge in [0.2, 0.25) is 0 Å². The van der Waals surface area contributed by atoms with Crippen LogP contribution in [0.2, 0.25) is 0 Å². The van der Waals surface area contributed by atoms with E-state index in [1.54, 1.807) is 0 Å². The number of nitrogens with two attached hydrogens (primary N) is 2. The molecule has 0 saturated carbocycles. The Morgan fingerprint density at radius 3 is 2.40 bits per heavy atom. The topological polar surface area (TPSA) is 177 Å². The van der Waals surface area contributed by atoms with Crippen molar-refractivity contribution in [2.45, 2.75) is 24.4 Å². The van der Waals surface area contributed by atoms with Crippen LogP contribution in [0.25, 0.3) is 0 Å². The zero-order valence-electron chi connectivity index (χ0n) is 10.3. The van der Waals surface area contributed by atoms with Crippen LogP contribution in [0.5, 0.6) is 0 Å². The summed E-state index contributed by atoms with van der Waals surface area (Å²) < 4.78 is 5.06. The Morgan fingerprint density at radius 2 is 1.90 bits per heavy atom. The minimum Gasteiger partial charge on any atom is -0.394 e. The van der Waals surface area contributed by atoms with Gasteiger partial charge in [-0.3, -0.25) is 4.79 Å². The molecule has 1 saturated heterocycles. The molecular formula is C10H15N5O5. The smallest absolute Gasteiger partial charge is 0.256 e. The molecule has 20 heavy (non-hydrogen) atoms. The maximum Gasteiger partial charge on any atom is 0.256 e. The minimum atomic E-state index is -1.47. The van der Waals surface area contributed by atoms with Gasteiger partial charge in [-0.15, -0.1) is 0 Å². The summed E-state index contributed by atoms with van der Waals surface area (Å²) in [5.41, 5.74) is 11.1. The molecule has 4 unspecified atom stereocenters. The van der Waals surface area contributed by atoms with Gasteiger partial charge in [-0.25, -0.2) is 9.97 Å². The van der Waals surface area contributed by atoms with Crippen LogP contribution in [0.3, 0.4) is 0 Å². The van der Waals surface area contributed by atoms with Crippen LogP contribution in [0.15, 0.2) is 6.33 Å². The van der Waals surface area contributed by atoms with Gasteiger partial charge in [0.25, 0.3) is 5.91 Å². The molecule has 1 aromatic rings. The van der Waals surface area contributed by atoms with E-state index in [1.165, 1.54) is 0 Å². The molecule has 2 rings (SSSR count). The van der Waals surface area contributed by atoms with Crippen LogP contribution < -0.4 is 16.8 Å². The molecule has 1 amide bonds. The lowest BCUT2D eigenvalue weighted by atomic mass is 10.1. The molecule has 2 heterocycles. The monoisotopic (exact) mass is 285 g/mol. The molecule has 1 aromatic heterocycles. The number of aliphatic hydroxyl groups is 3. The van der Waals surface area contributed by atoms with Gasteiger partial charge >= 0.3 is 0 Å². The third-order valence-corrected chi connectivity index (χ3v) is 2.95. The second-order valence-electron chi connectivity index (χ2n) is 4.27. The zero-order chi connectivity index (χ0) is 14.9. The first-order valence-corrected chi connectivity index (χ1v) is 5.75. The van der Waals surface area contributed by atoms with E-state index < -0.39 is 36.9 Å². The van der Waals surface area contributed by atoms with Crippen molar-refractivity contribution in [2.24, 2.45) is 0 Å². The first-order chi connectivity index (χ1) is 9.45. The van der Waals surface area contributed by atoms with Crippen molar-refractivity contribution < 1.29 is 24.9 Å². The molecule has 1 aliphatic rings. The molecule has 0 aliphatic carbocycles. The van der Waals surface area contributed by atoms with E-state index in [1.807, 2.05) is 0 Å². The fourth-order valence-corrected chi connectivity index (χ4v) is 1.85. The second-order valence-corrected chi connectivity index (χ2v) is 4.27. The summed E-state index contributed by atoms with van der Waals surface area (Å²) in [6, 6.07) is 0.